The van der Waals surface area contributed by atoms with E-state index in [0.717, 1.165) is 51.0 Å². The molecule has 0 spiro atoms. The van der Waals surface area contributed by atoms with Gasteiger partial charge in [0.15, 0.2) is 0 Å². The van der Waals surface area contributed by atoms with E-state index in [1.165, 1.54) is 0 Å². The number of nitrogens with zero attached hydrogens (tertiary/aromatic N) is 3. The first-order valence-electron chi connectivity index (χ1n) is 7.43. The van der Waals surface area contributed by atoms with Gasteiger partial charge in [0.2, 0.25) is 0 Å². The summed E-state index contributed by atoms with van der Waals surface area (Å²) in [4.78, 5) is 6.81. The van der Waals surface area contributed by atoms with E-state index in [1.54, 1.807) is 0 Å². The molecule has 2 heterocycles. The van der Waals surface area contributed by atoms with Gasteiger partial charge in [-0.05, 0) is 46.1 Å². The Morgan fingerprint density at radius 3 is 2.79 bits per heavy atom. The van der Waals surface area contributed by atoms with E-state index in [9.17, 15) is 5.11 Å². The summed E-state index contributed by atoms with van der Waals surface area (Å²) in [6.07, 6.45) is 8.37. The van der Waals surface area contributed by atoms with Gasteiger partial charge in [-0.15, -0.1) is 0 Å². The van der Waals surface area contributed by atoms with Gasteiger partial charge in [-0.25, -0.2) is 4.98 Å². The van der Waals surface area contributed by atoms with Gasteiger partial charge < -0.3 is 14.6 Å². The highest BCUT2D eigenvalue weighted by molar-refractivity contribution is 4.94. The number of aliphatic hydroxyl groups is 1. The number of aryl methyl sites for hydroxylation is 2. The van der Waals surface area contributed by atoms with Crippen LogP contribution in [0.25, 0.3) is 0 Å². The number of hydrogen-bond donors (Lipinski definition) is 1. The molecule has 1 atom stereocenters. The number of aromatic nitrogens is 2. The van der Waals surface area contributed by atoms with Crippen molar-refractivity contribution >= 4 is 0 Å². The fourth-order valence-electron chi connectivity index (χ4n) is 2.95. The second-order valence-corrected chi connectivity index (χ2v) is 6.16. The molecule has 0 bridgehead atoms. The molecule has 1 aliphatic heterocycles. The Labute approximate surface area is 116 Å². The quantitative estimate of drug-likeness (QED) is 0.905. The average molecular weight is 265 g/mol. The summed E-state index contributed by atoms with van der Waals surface area (Å²) in [5.41, 5.74) is -0.504. The fourth-order valence-corrected chi connectivity index (χ4v) is 2.95. The van der Waals surface area contributed by atoms with Gasteiger partial charge in [-0.2, -0.15) is 0 Å². The molecule has 1 aliphatic rings. The molecule has 108 valence electrons. The molecule has 0 amide bonds. The van der Waals surface area contributed by atoms with Crippen LogP contribution >= 0.6 is 0 Å². The van der Waals surface area contributed by atoms with Crippen LogP contribution < -0.4 is 0 Å². The minimum atomic E-state index is -0.504. The lowest BCUT2D eigenvalue weighted by Gasteiger charge is -2.28. The van der Waals surface area contributed by atoms with Gasteiger partial charge in [0.25, 0.3) is 0 Å². The molecule has 1 fully saturated rings. The van der Waals surface area contributed by atoms with Gasteiger partial charge in [0.1, 0.15) is 5.82 Å². The van der Waals surface area contributed by atoms with E-state index in [0.29, 0.717) is 6.04 Å². The number of imidazole rings is 1. The first kappa shape index (κ1) is 14.5. The van der Waals surface area contributed by atoms with Crippen LogP contribution in [0, 0.1) is 0 Å². The first-order valence-corrected chi connectivity index (χ1v) is 7.43. The van der Waals surface area contributed by atoms with Crippen molar-refractivity contribution < 1.29 is 5.11 Å². The Balaban J connectivity index is 1.90. The zero-order valence-electron chi connectivity index (χ0n) is 12.5. The molecule has 0 aromatic carbocycles. The van der Waals surface area contributed by atoms with Crippen LogP contribution in [0.15, 0.2) is 12.4 Å². The topological polar surface area (TPSA) is 41.3 Å². The average Bonchev–Trinajstić information content (AvgIpc) is 2.65. The van der Waals surface area contributed by atoms with Crippen LogP contribution in [0.1, 0.15) is 45.4 Å². The standard InChI is InChI=1S/C15H27N3O/c1-13(2)18-10-4-6-15(19,8-11-18)7-5-14-16-9-12-17(14)3/h9,12-13,19H,4-8,10-11H2,1-3H3. The summed E-state index contributed by atoms with van der Waals surface area (Å²) in [6.45, 7) is 6.59. The van der Waals surface area contributed by atoms with E-state index in [-0.39, 0.29) is 0 Å². The lowest BCUT2D eigenvalue weighted by Crippen LogP contribution is -2.34. The predicted octanol–water partition coefficient (Wildman–Crippen LogP) is 1.98. The van der Waals surface area contributed by atoms with Crippen molar-refractivity contribution in [1.82, 2.24) is 14.5 Å². The van der Waals surface area contributed by atoms with Crippen molar-refractivity contribution in [3.63, 3.8) is 0 Å². The largest absolute Gasteiger partial charge is 0.390 e. The van der Waals surface area contributed by atoms with Crippen LogP contribution in [-0.2, 0) is 13.5 Å². The smallest absolute Gasteiger partial charge is 0.108 e. The summed E-state index contributed by atoms with van der Waals surface area (Å²) >= 11 is 0. The molecule has 1 saturated heterocycles. The minimum absolute atomic E-state index is 0.504. The third-order valence-electron chi connectivity index (χ3n) is 4.42. The summed E-state index contributed by atoms with van der Waals surface area (Å²) in [7, 11) is 2.01. The SMILES string of the molecule is CC(C)N1CCCC(O)(CCc2nccn2C)CC1. The molecular formula is C15H27N3O. The van der Waals surface area contributed by atoms with E-state index in [4.69, 9.17) is 0 Å². The zero-order chi connectivity index (χ0) is 13.9. The Bertz CT molecular complexity index is 402. The molecule has 1 unspecified atom stereocenters. The van der Waals surface area contributed by atoms with Gasteiger partial charge >= 0.3 is 0 Å². The third-order valence-corrected chi connectivity index (χ3v) is 4.42. The second-order valence-electron chi connectivity index (χ2n) is 6.16. The molecule has 4 nitrogen and oxygen atoms in total. The molecule has 1 aromatic rings. The van der Waals surface area contributed by atoms with Crippen molar-refractivity contribution in [2.75, 3.05) is 13.1 Å². The van der Waals surface area contributed by atoms with E-state index < -0.39 is 5.60 Å². The van der Waals surface area contributed by atoms with Crippen LogP contribution in [0.2, 0.25) is 0 Å². The molecule has 19 heavy (non-hydrogen) atoms. The summed E-state index contributed by atoms with van der Waals surface area (Å²) < 4.78 is 2.04. The lowest BCUT2D eigenvalue weighted by atomic mass is 9.89. The van der Waals surface area contributed by atoms with E-state index in [1.807, 2.05) is 24.0 Å². The molecule has 1 aromatic heterocycles. The van der Waals surface area contributed by atoms with Crippen LogP contribution in [0.4, 0.5) is 0 Å². The molecule has 0 radical (unpaired) electrons. The van der Waals surface area contributed by atoms with E-state index in [2.05, 4.69) is 23.7 Å². The number of rotatable bonds is 4. The normalized spacial score (nSPS) is 25.7. The highest BCUT2D eigenvalue weighted by atomic mass is 16.3. The number of hydrogen-bond acceptors (Lipinski definition) is 3. The van der Waals surface area contributed by atoms with Gasteiger partial charge in [-0.1, -0.05) is 0 Å². The minimum Gasteiger partial charge on any atom is -0.390 e. The van der Waals surface area contributed by atoms with Gasteiger partial charge in [-0.3, -0.25) is 0 Å². The van der Waals surface area contributed by atoms with Gasteiger partial charge in [0, 0.05) is 38.4 Å². The first-order chi connectivity index (χ1) is 9.00. The second kappa shape index (κ2) is 6.06. The molecule has 2 rings (SSSR count). The molecule has 1 N–H and O–H groups in total. The maximum absolute atomic E-state index is 10.8. The van der Waals surface area contributed by atoms with Crippen LogP contribution in [0.5, 0.6) is 0 Å². The molecule has 4 heteroatoms. The molecular weight excluding hydrogens is 238 g/mol. The van der Waals surface area contributed by atoms with Crippen molar-refractivity contribution in [3.8, 4) is 0 Å². The number of likely N-dealkylation sites (tertiary alicyclic amines) is 1. The van der Waals surface area contributed by atoms with E-state index >= 15 is 0 Å². The Hall–Kier alpha value is -0.870. The molecule has 0 aliphatic carbocycles. The van der Waals surface area contributed by atoms with Gasteiger partial charge in [0.05, 0.1) is 5.60 Å². The summed E-state index contributed by atoms with van der Waals surface area (Å²) in [5.74, 6) is 1.07. The van der Waals surface area contributed by atoms with Crippen molar-refractivity contribution in [2.24, 2.45) is 7.05 Å². The maximum Gasteiger partial charge on any atom is 0.108 e. The third kappa shape index (κ3) is 3.80. The van der Waals surface area contributed by atoms with Crippen molar-refractivity contribution in [1.29, 1.82) is 0 Å². The van der Waals surface area contributed by atoms with Crippen molar-refractivity contribution in [2.45, 2.75) is 57.6 Å². The summed E-state index contributed by atoms with van der Waals surface area (Å²) in [6, 6.07) is 0.580. The van der Waals surface area contributed by atoms with Crippen molar-refractivity contribution in [3.05, 3.63) is 18.2 Å². The molecule has 0 saturated carbocycles. The highest BCUT2D eigenvalue weighted by Gasteiger charge is 2.30. The fraction of sp³-hybridized carbons (Fsp3) is 0.800. The Morgan fingerprint density at radius 2 is 2.16 bits per heavy atom. The predicted molar refractivity (Wildman–Crippen MR) is 77.0 cm³/mol. The zero-order valence-corrected chi connectivity index (χ0v) is 12.5. The Morgan fingerprint density at radius 1 is 1.37 bits per heavy atom. The highest BCUT2D eigenvalue weighted by Crippen LogP contribution is 2.27. The monoisotopic (exact) mass is 265 g/mol. The summed E-state index contributed by atoms with van der Waals surface area (Å²) in [5, 5.41) is 10.8. The van der Waals surface area contributed by atoms with Crippen LogP contribution in [-0.4, -0.2) is 44.3 Å². The maximum atomic E-state index is 10.8. The lowest BCUT2D eigenvalue weighted by molar-refractivity contribution is 0.0159. The van der Waals surface area contributed by atoms with Crippen LogP contribution in [0.3, 0.4) is 0 Å². The Kier molecular flexibility index (Phi) is 4.63.